The molecule has 0 bridgehead atoms. The molecule has 1 saturated heterocycles. The third-order valence-corrected chi connectivity index (χ3v) is 4.01. The molecule has 0 spiro atoms. The van der Waals surface area contributed by atoms with Crippen molar-refractivity contribution in [1.29, 1.82) is 0 Å². The Morgan fingerprint density at radius 1 is 1.00 bits per heavy atom. The van der Waals surface area contributed by atoms with Gasteiger partial charge in [-0.15, -0.1) is 0 Å². The maximum absolute atomic E-state index is 5.91. The Hall–Kier alpha value is -1.12. The Labute approximate surface area is 116 Å². The number of rotatable bonds is 4. The summed E-state index contributed by atoms with van der Waals surface area (Å²) in [6.07, 6.45) is 6.01. The maximum Gasteiger partial charge on any atom is 0.178 e. The van der Waals surface area contributed by atoms with E-state index in [0.29, 0.717) is 0 Å². The number of hydrogen-bond acceptors (Lipinski definition) is 2. The Kier molecular flexibility index (Phi) is 4.12. The fraction of sp³-hybridized carbons (Fsp3) is 0.529. The lowest BCUT2D eigenvalue weighted by Gasteiger charge is -2.30. The first-order valence-electron chi connectivity index (χ1n) is 6.97. The highest BCUT2D eigenvalue weighted by atomic mass is 16.7. The van der Waals surface area contributed by atoms with E-state index in [1.807, 2.05) is 12.1 Å². The minimum atomic E-state index is -0.249. The molecule has 19 heavy (non-hydrogen) atoms. The molecule has 0 aromatic heterocycles. The van der Waals surface area contributed by atoms with Crippen molar-refractivity contribution in [3.8, 4) is 0 Å². The molecule has 0 radical (unpaired) electrons. The van der Waals surface area contributed by atoms with Gasteiger partial charge in [0.05, 0.1) is 11.2 Å². The van der Waals surface area contributed by atoms with Gasteiger partial charge in [-0.1, -0.05) is 36.4 Å². The van der Waals surface area contributed by atoms with Crippen LogP contribution in [0.4, 0.5) is 0 Å². The molecule has 0 saturated carbocycles. The predicted octanol–water partition coefficient (Wildman–Crippen LogP) is 4.11. The largest absolute Gasteiger partial charge is 0.340 e. The second-order valence-corrected chi connectivity index (χ2v) is 6.08. The standard InChI is InChI=1S/C17H24O2/c1-16(2)17(3,4)19-15(18-16)13-9-8-12-14-10-6-5-7-11-14/h5-7,9-11,13,15H,8,12H2,1-4H3/b13-9+. The van der Waals surface area contributed by atoms with Gasteiger partial charge in [0.15, 0.2) is 6.29 Å². The average Bonchev–Trinajstić information content (AvgIpc) is 2.55. The van der Waals surface area contributed by atoms with E-state index in [9.17, 15) is 0 Å². The van der Waals surface area contributed by atoms with Crippen LogP contribution < -0.4 is 0 Å². The Bertz CT molecular complexity index is 416. The molecule has 1 heterocycles. The molecule has 2 nitrogen and oxygen atoms in total. The lowest BCUT2D eigenvalue weighted by molar-refractivity contribution is -0.0506. The van der Waals surface area contributed by atoms with E-state index in [1.165, 1.54) is 5.56 Å². The summed E-state index contributed by atoms with van der Waals surface area (Å²) in [5.74, 6) is 0. The molecule has 2 rings (SSSR count). The van der Waals surface area contributed by atoms with Gasteiger partial charge in [0.1, 0.15) is 0 Å². The summed E-state index contributed by atoms with van der Waals surface area (Å²) in [4.78, 5) is 0. The zero-order chi connectivity index (χ0) is 13.9. The van der Waals surface area contributed by atoms with Crippen LogP contribution in [0.2, 0.25) is 0 Å². The lowest BCUT2D eigenvalue weighted by atomic mass is 9.90. The predicted molar refractivity (Wildman–Crippen MR) is 78.0 cm³/mol. The molecule has 0 amide bonds. The van der Waals surface area contributed by atoms with Crippen LogP contribution in [0, 0.1) is 0 Å². The Morgan fingerprint density at radius 2 is 1.58 bits per heavy atom. The van der Waals surface area contributed by atoms with E-state index in [1.54, 1.807) is 0 Å². The summed E-state index contributed by atoms with van der Waals surface area (Å²) in [6, 6.07) is 10.5. The lowest BCUT2D eigenvalue weighted by Crippen LogP contribution is -2.41. The van der Waals surface area contributed by atoms with E-state index in [0.717, 1.165) is 12.8 Å². The summed E-state index contributed by atoms with van der Waals surface area (Å²) in [6.45, 7) is 8.30. The molecule has 1 fully saturated rings. The van der Waals surface area contributed by atoms with E-state index in [-0.39, 0.29) is 17.5 Å². The monoisotopic (exact) mass is 260 g/mol. The molecule has 1 aromatic carbocycles. The second-order valence-electron chi connectivity index (χ2n) is 6.08. The van der Waals surface area contributed by atoms with E-state index in [2.05, 4.69) is 58.0 Å². The highest BCUT2D eigenvalue weighted by Gasteiger charge is 2.48. The van der Waals surface area contributed by atoms with Gasteiger partial charge in [0, 0.05) is 0 Å². The van der Waals surface area contributed by atoms with Crippen LogP contribution in [0.15, 0.2) is 42.5 Å². The van der Waals surface area contributed by atoms with Gasteiger partial charge in [-0.05, 0) is 52.2 Å². The molecule has 0 N–H and O–H groups in total. The van der Waals surface area contributed by atoms with Crippen molar-refractivity contribution >= 4 is 0 Å². The van der Waals surface area contributed by atoms with Gasteiger partial charge in [-0.25, -0.2) is 0 Å². The summed E-state index contributed by atoms with van der Waals surface area (Å²) in [7, 11) is 0. The number of aryl methyl sites for hydroxylation is 1. The van der Waals surface area contributed by atoms with Gasteiger partial charge in [-0.3, -0.25) is 0 Å². The molecular formula is C17H24O2. The molecule has 0 atom stereocenters. The molecule has 104 valence electrons. The minimum Gasteiger partial charge on any atom is -0.340 e. The van der Waals surface area contributed by atoms with Gasteiger partial charge >= 0.3 is 0 Å². The normalized spacial score (nSPS) is 22.1. The number of benzene rings is 1. The first-order chi connectivity index (χ1) is 8.91. The third-order valence-electron chi connectivity index (χ3n) is 4.01. The van der Waals surface area contributed by atoms with Crippen molar-refractivity contribution < 1.29 is 9.47 Å². The van der Waals surface area contributed by atoms with Crippen LogP contribution in [0.3, 0.4) is 0 Å². The molecule has 1 aliphatic heterocycles. The highest BCUT2D eigenvalue weighted by molar-refractivity contribution is 5.15. The van der Waals surface area contributed by atoms with Crippen LogP contribution in [-0.4, -0.2) is 17.5 Å². The van der Waals surface area contributed by atoms with Crippen LogP contribution in [0.25, 0.3) is 0 Å². The fourth-order valence-corrected chi connectivity index (χ4v) is 2.07. The van der Waals surface area contributed by atoms with E-state index >= 15 is 0 Å². The van der Waals surface area contributed by atoms with E-state index < -0.39 is 0 Å². The zero-order valence-corrected chi connectivity index (χ0v) is 12.3. The summed E-state index contributed by atoms with van der Waals surface area (Å²) >= 11 is 0. The summed E-state index contributed by atoms with van der Waals surface area (Å²) in [5.41, 5.74) is 0.865. The topological polar surface area (TPSA) is 18.5 Å². The third kappa shape index (κ3) is 3.46. The highest BCUT2D eigenvalue weighted by Crippen LogP contribution is 2.38. The quantitative estimate of drug-likeness (QED) is 0.759. The van der Waals surface area contributed by atoms with Crippen LogP contribution in [-0.2, 0) is 15.9 Å². The summed E-state index contributed by atoms with van der Waals surface area (Å²) in [5, 5.41) is 0. The molecular weight excluding hydrogens is 236 g/mol. The summed E-state index contributed by atoms with van der Waals surface area (Å²) < 4.78 is 11.8. The Balaban J connectivity index is 1.82. The number of ether oxygens (including phenoxy) is 2. The first-order valence-corrected chi connectivity index (χ1v) is 6.97. The van der Waals surface area contributed by atoms with Crippen molar-refractivity contribution in [3.05, 3.63) is 48.0 Å². The maximum atomic E-state index is 5.91. The SMILES string of the molecule is CC1(C)OC(/C=C/CCc2ccccc2)OC1(C)C. The van der Waals surface area contributed by atoms with Crippen molar-refractivity contribution in [1.82, 2.24) is 0 Å². The fourth-order valence-electron chi connectivity index (χ4n) is 2.07. The first kappa shape index (κ1) is 14.3. The zero-order valence-electron chi connectivity index (χ0n) is 12.3. The van der Waals surface area contributed by atoms with Crippen LogP contribution in [0.5, 0.6) is 0 Å². The van der Waals surface area contributed by atoms with Crippen molar-refractivity contribution in [2.24, 2.45) is 0 Å². The van der Waals surface area contributed by atoms with Gasteiger partial charge in [-0.2, -0.15) is 0 Å². The molecule has 1 aliphatic rings. The second kappa shape index (κ2) is 5.48. The van der Waals surface area contributed by atoms with Gasteiger partial charge in [0.2, 0.25) is 0 Å². The molecule has 0 aliphatic carbocycles. The van der Waals surface area contributed by atoms with Crippen LogP contribution >= 0.6 is 0 Å². The van der Waals surface area contributed by atoms with Crippen molar-refractivity contribution in [3.63, 3.8) is 0 Å². The van der Waals surface area contributed by atoms with E-state index in [4.69, 9.17) is 9.47 Å². The number of allylic oxidation sites excluding steroid dienone is 1. The molecule has 1 aromatic rings. The van der Waals surface area contributed by atoms with Gasteiger partial charge in [0.25, 0.3) is 0 Å². The Morgan fingerprint density at radius 3 is 2.16 bits per heavy atom. The average molecular weight is 260 g/mol. The molecule has 0 unspecified atom stereocenters. The van der Waals surface area contributed by atoms with Crippen molar-refractivity contribution in [2.45, 2.75) is 58.0 Å². The number of hydrogen-bond donors (Lipinski definition) is 0. The van der Waals surface area contributed by atoms with Crippen molar-refractivity contribution in [2.75, 3.05) is 0 Å². The van der Waals surface area contributed by atoms with Crippen LogP contribution in [0.1, 0.15) is 39.7 Å². The minimum absolute atomic E-state index is 0.222. The van der Waals surface area contributed by atoms with Gasteiger partial charge < -0.3 is 9.47 Å². The smallest absolute Gasteiger partial charge is 0.178 e. The molecule has 2 heteroatoms.